The largest absolute Gasteiger partial charge is 0.390 e. The summed E-state index contributed by atoms with van der Waals surface area (Å²) in [4.78, 5) is 0. The van der Waals surface area contributed by atoms with E-state index < -0.39 is 12.6 Å². The lowest BCUT2D eigenvalue weighted by Crippen LogP contribution is -2.30. The molecule has 0 spiro atoms. The fourth-order valence-electron chi connectivity index (χ4n) is 1.25. The van der Waals surface area contributed by atoms with Crippen LogP contribution in [0.5, 0.6) is 0 Å². The normalized spacial score (nSPS) is 15.0. The topological polar surface area (TPSA) is 12.0 Å². The predicted molar refractivity (Wildman–Crippen MR) is 47.6 cm³/mol. The van der Waals surface area contributed by atoms with Crippen molar-refractivity contribution in [2.75, 3.05) is 6.54 Å². The van der Waals surface area contributed by atoms with Crippen molar-refractivity contribution in [3.63, 3.8) is 0 Å². The summed E-state index contributed by atoms with van der Waals surface area (Å²) in [5.74, 6) is 0.522. The molecule has 80 valence electrons. The van der Waals surface area contributed by atoms with E-state index in [4.69, 9.17) is 0 Å². The van der Waals surface area contributed by atoms with Crippen LogP contribution in [0, 0.1) is 5.92 Å². The lowest BCUT2D eigenvalue weighted by atomic mass is 10.1. The summed E-state index contributed by atoms with van der Waals surface area (Å²) in [6, 6.07) is 0.169. The molecule has 0 aromatic rings. The zero-order chi connectivity index (χ0) is 10.5. The standard InChI is InChI=1S/C9H18F3N/c1-7(2)6-8(3)13-5-4-9(10,11)12/h7-8,13H,4-6H2,1-3H3. The van der Waals surface area contributed by atoms with Gasteiger partial charge in [0, 0.05) is 12.6 Å². The highest BCUT2D eigenvalue weighted by Crippen LogP contribution is 2.18. The van der Waals surface area contributed by atoms with E-state index in [2.05, 4.69) is 19.2 Å². The minimum absolute atomic E-state index is 0.0252. The molecule has 0 aliphatic rings. The highest BCUT2D eigenvalue weighted by atomic mass is 19.4. The van der Waals surface area contributed by atoms with Crippen molar-refractivity contribution >= 4 is 0 Å². The Morgan fingerprint density at radius 2 is 1.69 bits per heavy atom. The van der Waals surface area contributed by atoms with E-state index >= 15 is 0 Å². The lowest BCUT2D eigenvalue weighted by molar-refractivity contribution is -0.133. The molecule has 1 N–H and O–H groups in total. The molecule has 4 heteroatoms. The summed E-state index contributed by atoms with van der Waals surface area (Å²) in [5.41, 5.74) is 0. The monoisotopic (exact) mass is 197 g/mol. The Hall–Kier alpha value is -0.250. The minimum Gasteiger partial charge on any atom is -0.314 e. The third kappa shape index (κ3) is 9.67. The Bertz CT molecular complexity index is 131. The molecule has 0 heterocycles. The third-order valence-electron chi connectivity index (χ3n) is 1.73. The van der Waals surface area contributed by atoms with Crippen LogP contribution in [0.1, 0.15) is 33.6 Å². The van der Waals surface area contributed by atoms with Crippen LogP contribution in [-0.4, -0.2) is 18.8 Å². The van der Waals surface area contributed by atoms with Crippen LogP contribution in [0.2, 0.25) is 0 Å². The predicted octanol–water partition coefficient (Wildman–Crippen LogP) is 2.96. The van der Waals surface area contributed by atoms with Gasteiger partial charge in [-0.05, 0) is 19.3 Å². The Kier molecular flexibility index (Phi) is 5.37. The Balaban J connectivity index is 3.42. The molecule has 0 saturated carbocycles. The van der Waals surface area contributed by atoms with Crippen molar-refractivity contribution in [3.05, 3.63) is 0 Å². The molecule has 0 aromatic carbocycles. The summed E-state index contributed by atoms with van der Waals surface area (Å²) in [6.45, 7) is 6.05. The maximum absolute atomic E-state index is 11.7. The number of nitrogens with one attached hydrogen (secondary N) is 1. The van der Waals surface area contributed by atoms with E-state index in [1.54, 1.807) is 0 Å². The first-order valence-electron chi connectivity index (χ1n) is 4.61. The van der Waals surface area contributed by atoms with Crippen LogP contribution in [0.15, 0.2) is 0 Å². The molecule has 0 aliphatic carbocycles. The van der Waals surface area contributed by atoms with Crippen LogP contribution in [0.3, 0.4) is 0 Å². The first kappa shape index (κ1) is 12.8. The quantitative estimate of drug-likeness (QED) is 0.714. The van der Waals surface area contributed by atoms with Crippen LogP contribution in [0.4, 0.5) is 13.2 Å². The summed E-state index contributed by atoms with van der Waals surface area (Å²) < 4.78 is 35.2. The highest BCUT2D eigenvalue weighted by Gasteiger charge is 2.26. The first-order chi connectivity index (χ1) is 5.81. The van der Waals surface area contributed by atoms with Gasteiger partial charge in [0.2, 0.25) is 0 Å². The Morgan fingerprint density at radius 1 is 1.15 bits per heavy atom. The summed E-state index contributed by atoms with van der Waals surface area (Å²) >= 11 is 0. The van der Waals surface area contributed by atoms with Gasteiger partial charge in [0.15, 0.2) is 0 Å². The van der Waals surface area contributed by atoms with Crippen LogP contribution in [0.25, 0.3) is 0 Å². The molecule has 0 radical (unpaired) electrons. The third-order valence-corrected chi connectivity index (χ3v) is 1.73. The number of halogens is 3. The molecule has 1 nitrogen and oxygen atoms in total. The van der Waals surface area contributed by atoms with Crippen molar-refractivity contribution < 1.29 is 13.2 Å². The van der Waals surface area contributed by atoms with E-state index in [-0.39, 0.29) is 12.6 Å². The molecule has 13 heavy (non-hydrogen) atoms. The molecule has 0 rings (SSSR count). The van der Waals surface area contributed by atoms with Crippen LogP contribution in [-0.2, 0) is 0 Å². The second kappa shape index (κ2) is 5.47. The van der Waals surface area contributed by atoms with E-state index in [1.807, 2.05) is 6.92 Å². The number of alkyl halides is 3. The van der Waals surface area contributed by atoms with Gasteiger partial charge in [0.25, 0.3) is 0 Å². The van der Waals surface area contributed by atoms with Crippen molar-refractivity contribution in [1.82, 2.24) is 5.32 Å². The van der Waals surface area contributed by atoms with Gasteiger partial charge in [0.1, 0.15) is 0 Å². The maximum Gasteiger partial charge on any atom is 0.390 e. The molecule has 0 bridgehead atoms. The van der Waals surface area contributed by atoms with E-state index in [9.17, 15) is 13.2 Å². The van der Waals surface area contributed by atoms with Crippen molar-refractivity contribution in [2.24, 2.45) is 5.92 Å². The van der Waals surface area contributed by atoms with E-state index in [0.717, 1.165) is 6.42 Å². The summed E-state index contributed by atoms with van der Waals surface area (Å²) in [5, 5.41) is 2.85. The van der Waals surface area contributed by atoms with E-state index in [1.165, 1.54) is 0 Å². The van der Waals surface area contributed by atoms with Gasteiger partial charge in [-0.1, -0.05) is 13.8 Å². The Morgan fingerprint density at radius 3 is 2.08 bits per heavy atom. The zero-order valence-corrected chi connectivity index (χ0v) is 8.41. The minimum atomic E-state index is -4.04. The molecule has 0 aromatic heterocycles. The maximum atomic E-state index is 11.7. The molecule has 0 aliphatic heterocycles. The van der Waals surface area contributed by atoms with Crippen LogP contribution >= 0.6 is 0 Å². The van der Waals surface area contributed by atoms with Gasteiger partial charge < -0.3 is 5.32 Å². The molecule has 1 unspecified atom stereocenters. The number of hydrogen-bond donors (Lipinski definition) is 1. The summed E-state index contributed by atoms with van der Waals surface area (Å²) in [7, 11) is 0. The van der Waals surface area contributed by atoms with Crippen molar-refractivity contribution in [3.8, 4) is 0 Å². The first-order valence-corrected chi connectivity index (χ1v) is 4.61. The average molecular weight is 197 g/mol. The SMILES string of the molecule is CC(C)CC(C)NCCC(F)(F)F. The zero-order valence-electron chi connectivity index (χ0n) is 8.41. The Labute approximate surface area is 77.7 Å². The fraction of sp³-hybridized carbons (Fsp3) is 1.00. The second-order valence-corrected chi connectivity index (χ2v) is 3.85. The van der Waals surface area contributed by atoms with Gasteiger partial charge in [-0.3, -0.25) is 0 Å². The van der Waals surface area contributed by atoms with Gasteiger partial charge in [-0.15, -0.1) is 0 Å². The number of hydrogen-bond acceptors (Lipinski definition) is 1. The molecule has 0 saturated heterocycles. The molecule has 0 fully saturated rings. The lowest BCUT2D eigenvalue weighted by Gasteiger charge is -2.16. The molecular weight excluding hydrogens is 179 g/mol. The van der Waals surface area contributed by atoms with Crippen LogP contribution < -0.4 is 5.32 Å². The van der Waals surface area contributed by atoms with Crippen molar-refractivity contribution in [1.29, 1.82) is 0 Å². The average Bonchev–Trinajstić information content (AvgIpc) is 1.81. The highest BCUT2D eigenvalue weighted by molar-refractivity contribution is 4.64. The number of rotatable bonds is 5. The molecule has 0 amide bonds. The van der Waals surface area contributed by atoms with Crippen molar-refractivity contribution in [2.45, 2.75) is 45.8 Å². The van der Waals surface area contributed by atoms with Gasteiger partial charge in [-0.25, -0.2) is 0 Å². The van der Waals surface area contributed by atoms with Gasteiger partial charge in [-0.2, -0.15) is 13.2 Å². The van der Waals surface area contributed by atoms with Gasteiger partial charge in [0.05, 0.1) is 6.42 Å². The fourth-order valence-corrected chi connectivity index (χ4v) is 1.25. The second-order valence-electron chi connectivity index (χ2n) is 3.85. The molecular formula is C9H18F3N. The summed E-state index contributed by atoms with van der Waals surface area (Å²) in [6.07, 6.45) is -3.86. The van der Waals surface area contributed by atoms with Gasteiger partial charge >= 0.3 is 6.18 Å². The molecule has 1 atom stereocenters. The van der Waals surface area contributed by atoms with E-state index in [0.29, 0.717) is 5.92 Å². The smallest absolute Gasteiger partial charge is 0.314 e.